The van der Waals surface area contributed by atoms with E-state index in [4.69, 9.17) is 4.42 Å². The quantitative estimate of drug-likeness (QED) is 0.305. The van der Waals surface area contributed by atoms with Gasteiger partial charge in [0.25, 0.3) is 5.91 Å². The maximum Gasteiger partial charge on any atom is 0.253 e. The molecule has 1 spiro atoms. The molecule has 3 heterocycles. The molecule has 0 aliphatic carbocycles. The van der Waals surface area contributed by atoms with Crippen LogP contribution in [-0.4, -0.2) is 30.2 Å². The van der Waals surface area contributed by atoms with Crippen molar-refractivity contribution < 1.29 is 14.0 Å². The molecule has 0 radical (unpaired) electrons. The highest BCUT2D eigenvalue weighted by atomic mass is 16.3. The first-order chi connectivity index (χ1) is 18.3. The predicted molar refractivity (Wildman–Crippen MR) is 148 cm³/mol. The van der Waals surface area contributed by atoms with Crippen LogP contribution in [-0.2, 0) is 16.9 Å². The minimum atomic E-state index is -1.13. The molecular formula is C33H32N2O3. The Hall–Kier alpha value is -3.96. The van der Waals surface area contributed by atoms with Crippen LogP contribution >= 0.6 is 0 Å². The van der Waals surface area contributed by atoms with Gasteiger partial charge in [0.1, 0.15) is 11.3 Å². The fourth-order valence-electron chi connectivity index (χ4n) is 6.71. The molecule has 5 nitrogen and oxygen atoms in total. The van der Waals surface area contributed by atoms with E-state index < -0.39 is 11.5 Å². The Morgan fingerprint density at radius 3 is 2.45 bits per heavy atom. The molecule has 3 aromatic carbocycles. The fourth-order valence-corrected chi connectivity index (χ4v) is 6.71. The first kappa shape index (κ1) is 24.4. The van der Waals surface area contributed by atoms with Crippen LogP contribution in [0.5, 0.6) is 0 Å². The van der Waals surface area contributed by atoms with E-state index in [1.165, 1.54) is 0 Å². The fraction of sp³-hybridized carbons (Fsp3) is 0.273. The smallest absolute Gasteiger partial charge is 0.253 e. The Balaban J connectivity index is 1.55. The van der Waals surface area contributed by atoms with Crippen LogP contribution in [0.15, 0.2) is 89.5 Å². The molecule has 2 aliphatic rings. The Bertz CT molecular complexity index is 1540. The van der Waals surface area contributed by atoms with E-state index in [-0.39, 0.29) is 17.6 Å². The van der Waals surface area contributed by atoms with Crippen molar-refractivity contribution >= 4 is 17.4 Å². The van der Waals surface area contributed by atoms with E-state index >= 15 is 0 Å². The maximum absolute atomic E-state index is 14.8. The summed E-state index contributed by atoms with van der Waals surface area (Å²) in [5.41, 5.74) is 5.53. The van der Waals surface area contributed by atoms with Crippen LogP contribution in [0.1, 0.15) is 49.9 Å². The lowest BCUT2D eigenvalue weighted by Crippen LogP contribution is -2.53. The molecule has 1 saturated heterocycles. The highest BCUT2D eigenvalue weighted by Crippen LogP contribution is 2.57. The number of Topliss-reactive ketones (excluding diaryl/α,β-unsaturated/α-hetero) is 1. The van der Waals surface area contributed by atoms with Crippen molar-refractivity contribution in [3.05, 3.63) is 124 Å². The largest absolute Gasteiger partial charge is 0.469 e. The van der Waals surface area contributed by atoms with Gasteiger partial charge < -0.3 is 9.32 Å². The Labute approximate surface area is 223 Å². The number of aryl methyl sites for hydroxylation is 3. The number of carbonyl (C=O) groups excluding carboxylic acids is 2. The number of anilines is 1. The molecule has 2 aliphatic heterocycles. The molecule has 5 heteroatoms. The second kappa shape index (κ2) is 9.10. The molecule has 0 unspecified atom stereocenters. The summed E-state index contributed by atoms with van der Waals surface area (Å²) in [4.78, 5) is 33.4. The number of fused-ring (bicyclic) bond motifs is 2. The van der Waals surface area contributed by atoms with Gasteiger partial charge in [0.05, 0.1) is 18.7 Å². The van der Waals surface area contributed by atoms with Crippen molar-refractivity contribution in [1.29, 1.82) is 0 Å². The van der Waals surface area contributed by atoms with Gasteiger partial charge in [-0.1, -0.05) is 66.2 Å². The number of para-hydroxylation sites is 1. The molecule has 6 rings (SSSR count). The highest BCUT2D eigenvalue weighted by Gasteiger charge is 2.66. The van der Waals surface area contributed by atoms with Crippen molar-refractivity contribution in [2.75, 3.05) is 18.5 Å². The molecule has 0 N–H and O–H groups in total. The third-order valence-electron chi connectivity index (χ3n) is 8.53. The van der Waals surface area contributed by atoms with Crippen molar-refractivity contribution in [3.63, 3.8) is 0 Å². The second-order valence-corrected chi connectivity index (χ2v) is 10.8. The minimum absolute atomic E-state index is 0.0193. The average Bonchev–Trinajstić information content (AvgIpc) is 3.59. The van der Waals surface area contributed by atoms with Crippen molar-refractivity contribution in [3.8, 4) is 0 Å². The van der Waals surface area contributed by atoms with Crippen molar-refractivity contribution in [2.45, 2.75) is 38.8 Å². The molecule has 0 saturated carbocycles. The Kier molecular flexibility index (Phi) is 5.84. The number of benzene rings is 3. The van der Waals surface area contributed by atoms with Gasteiger partial charge in [0, 0.05) is 29.3 Å². The maximum atomic E-state index is 14.8. The third kappa shape index (κ3) is 3.49. The number of rotatable bonds is 5. The van der Waals surface area contributed by atoms with Crippen LogP contribution in [0, 0.1) is 26.7 Å². The molecule has 38 heavy (non-hydrogen) atoms. The molecule has 1 aromatic heterocycles. The summed E-state index contributed by atoms with van der Waals surface area (Å²) >= 11 is 0. The third-order valence-corrected chi connectivity index (χ3v) is 8.53. The van der Waals surface area contributed by atoms with Gasteiger partial charge in [0.2, 0.25) is 0 Å². The van der Waals surface area contributed by atoms with Crippen molar-refractivity contribution in [1.82, 2.24) is 4.90 Å². The van der Waals surface area contributed by atoms with E-state index in [9.17, 15) is 9.59 Å². The topological polar surface area (TPSA) is 53.8 Å². The predicted octanol–water partition coefficient (Wildman–Crippen LogP) is 6.18. The lowest BCUT2D eigenvalue weighted by molar-refractivity contribution is -0.129. The number of likely N-dealkylation sites (tertiary alicyclic amines) is 1. The van der Waals surface area contributed by atoms with Gasteiger partial charge in [0.15, 0.2) is 5.78 Å². The number of amides is 1. The van der Waals surface area contributed by atoms with Gasteiger partial charge in [-0.15, -0.1) is 0 Å². The van der Waals surface area contributed by atoms with Crippen LogP contribution < -0.4 is 4.90 Å². The minimum Gasteiger partial charge on any atom is -0.469 e. The molecule has 0 bridgehead atoms. The lowest BCUT2D eigenvalue weighted by Gasteiger charge is -2.36. The SMILES string of the molecule is Cc1ccc(C(=O)[C@@H]2[C@H](c3ccco3)CN(C)[C@]23C(=O)N(Cc2ccccc2C)c2ccccc23)c(C)c1. The number of hydrogen-bond acceptors (Lipinski definition) is 4. The van der Waals surface area contributed by atoms with Crippen LogP contribution in [0.4, 0.5) is 5.69 Å². The molecule has 192 valence electrons. The van der Waals surface area contributed by atoms with Crippen LogP contribution in [0.2, 0.25) is 0 Å². The zero-order valence-corrected chi connectivity index (χ0v) is 22.3. The van der Waals surface area contributed by atoms with Gasteiger partial charge in [-0.05, 0) is 62.7 Å². The normalized spacial score (nSPS) is 22.8. The lowest BCUT2D eigenvalue weighted by atomic mass is 9.71. The zero-order valence-electron chi connectivity index (χ0n) is 22.3. The van der Waals surface area contributed by atoms with Gasteiger partial charge in [-0.2, -0.15) is 0 Å². The first-order valence-corrected chi connectivity index (χ1v) is 13.2. The standard InChI is InChI=1S/C33H32N2O3/c1-21-15-16-25(23(3)18-21)31(36)30-26(29-14-9-17-38-29)20-34(4)33(30)27-12-7-8-13-28(27)35(32(33)37)19-24-11-6-5-10-22(24)2/h5-18,26,30H,19-20H2,1-4H3/t26-,30-,33-/m0/s1. The summed E-state index contributed by atoms with van der Waals surface area (Å²) in [5.74, 6) is -0.246. The number of likely N-dealkylation sites (N-methyl/N-ethyl adjacent to an activating group) is 1. The molecular weight excluding hydrogens is 472 g/mol. The molecule has 1 fully saturated rings. The summed E-state index contributed by atoms with van der Waals surface area (Å²) < 4.78 is 5.89. The van der Waals surface area contributed by atoms with E-state index in [1.807, 2.05) is 92.5 Å². The number of nitrogens with zero attached hydrogens (tertiary/aromatic N) is 2. The summed E-state index contributed by atoms with van der Waals surface area (Å²) in [6, 6.07) is 25.8. The van der Waals surface area contributed by atoms with Gasteiger partial charge in [-0.3, -0.25) is 14.5 Å². The first-order valence-electron chi connectivity index (χ1n) is 13.2. The van der Waals surface area contributed by atoms with E-state index in [1.54, 1.807) is 6.26 Å². The molecule has 4 aromatic rings. The average molecular weight is 505 g/mol. The van der Waals surface area contributed by atoms with E-state index in [0.717, 1.165) is 39.3 Å². The number of furan rings is 1. The van der Waals surface area contributed by atoms with Gasteiger partial charge >= 0.3 is 0 Å². The number of carbonyl (C=O) groups is 2. The second-order valence-electron chi connectivity index (χ2n) is 10.8. The van der Waals surface area contributed by atoms with Gasteiger partial charge in [-0.25, -0.2) is 0 Å². The molecule has 3 atom stereocenters. The summed E-state index contributed by atoms with van der Waals surface area (Å²) in [6.45, 7) is 7.06. The Morgan fingerprint density at radius 1 is 0.947 bits per heavy atom. The van der Waals surface area contributed by atoms with Crippen LogP contribution in [0.3, 0.4) is 0 Å². The number of ketones is 1. The summed E-state index contributed by atoms with van der Waals surface area (Å²) in [5, 5.41) is 0. The van der Waals surface area contributed by atoms with Crippen molar-refractivity contribution in [2.24, 2.45) is 5.92 Å². The van der Waals surface area contributed by atoms with Crippen LogP contribution in [0.25, 0.3) is 0 Å². The van der Waals surface area contributed by atoms with E-state index in [2.05, 4.69) is 24.0 Å². The molecule has 1 amide bonds. The number of hydrogen-bond donors (Lipinski definition) is 0. The zero-order chi connectivity index (χ0) is 26.6. The van der Waals surface area contributed by atoms with E-state index in [0.29, 0.717) is 18.7 Å². The monoisotopic (exact) mass is 504 g/mol. The summed E-state index contributed by atoms with van der Waals surface area (Å²) in [6.07, 6.45) is 1.65. The Morgan fingerprint density at radius 2 is 1.71 bits per heavy atom. The summed E-state index contributed by atoms with van der Waals surface area (Å²) in [7, 11) is 1.97. The highest BCUT2D eigenvalue weighted by molar-refractivity contribution is 6.13.